The van der Waals surface area contributed by atoms with Crippen LogP contribution in [0.3, 0.4) is 0 Å². The Hall–Kier alpha value is -2.64. The molecule has 7 nitrogen and oxygen atoms in total. The fourth-order valence-corrected chi connectivity index (χ4v) is 2.53. The van der Waals surface area contributed by atoms with Gasteiger partial charge in [0.2, 0.25) is 0 Å². The number of hydrogen-bond donors (Lipinski definition) is 2. The van der Waals surface area contributed by atoms with Gasteiger partial charge in [-0.15, -0.1) is 0 Å². The summed E-state index contributed by atoms with van der Waals surface area (Å²) in [5, 5.41) is 13.8. The third-order valence-corrected chi connectivity index (χ3v) is 3.94. The van der Waals surface area contributed by atoms with E-state index in [2.05, 4.69) is 5.32 Å². The topological polar surface area (TPSA) is 89.8 Å². The molecule has 0 bridgehead atoms. The van der Waals surface area contributed by atoms with Crippen molar-refractivity contribution in [3.8, 4) is 5.75 Å². The summed E-state index contributed by atoms with van der Waals surface area (Å²) in [6, 6.07) is 6.87. The van der Waals surface area contributed by atoms with Gasteiger partial charge in [-0.3, -0.25) is 9.59 Å². The molecular weight excluding hydrogens is 324 g/mol. The molecule has 0 atom stereocenters. The third-order valence-electron chi connectivity index (χ3n) is 3.94. The predicted octanol–water partition coefficient (Wildman–Crippen LogP) is 1.54. The number of benzene rings is 1. The number of nitrogens with zero attached hydrogens (tertiary/aromatic N) is 1. The summed E-state index contributed by atoms with van der Waals surface area (Å²) in [5.74, 6) is -0.875. The van der Waals surface area contributed by atoms with Crippen molar-refractivity contribution < 1.29 is 19.4 Å². The number of rotatable bonds is 7. The lowest BCUT2D eigenvalue weighted by Crippen LogP contribution is -2.29. The summed E-state index contributed by atoms with van der Waals surface area (Å²) in [7, 11) is 4.59. The third kappa shape index (κ3) is 3.89. The summed E-state index contributed by atoms with van der Waals surface area (Å²) >= 11 is 0. The number of aromatic nitrogens is 1. The van der Waals surface area contributed by atoms with E-state index >= 15 is 0 Å². The smallest absolute Gasteiger partial charge is 0.265 e. The van der Waals surface area contributed by atoms with E-state index in [0.29, 0.717) is 23.1 Å². The van der Waals surface area contributed by atoms with Crippen molar-refractivity contribution in [2.45, 2.75) is 13.2 Å². The lowest BCUT2D eigenvalue weighted by Gasteiger charge is -2.15. The second kappa shape index (κ2) is 7.96. The lowest BCUT2D eigenvalue weighted by atomic mass is 10.1. The number of allylic oxidation sites excluding steroid dienone is 2. The van der Waals surface area contributed by atoms with Gasteiger partial charge in [-0.2, -0.15) is 0 Å². The van der Waals surface area contributed by atoms with E-state index in [1.54, 1.807) is 38.2 Å². The Labute approximate surface area is 145 Å². The maximum Gasteiger partial charge on any atom is 0.265 e. The number of aromatic hydroxyl groups is 1. The van der Waals surface area contributed by atoms with E-state index < -0.39 is 17.6 Å². The van der Waals surface area contributed by atoms with Gasteiger partial charge in [0.1, 0.15) is 11.3 Å². The molecule has 7 heteroatoms. The highest BCUT2D eigenvalue weighted by Gasteiger charge is 2.19. The first-order valence-corrected chi connectivity index (χ1v) is 7.73. The predicted molar refractivity (Wildman–Crippen MR) is 94.8 cm³/mol. The molecule has 0 aliphatic carbocycles. The van der Waals surface area contributed by atoms with Crippen LogP contribution < -0.4 is 10.9 Å². The van der Waals surface area contributed by atoms with Gasteiger partial charge >= 0.3 is 0 Å². The van der Waals surface area contributed by atoms with Crippen LogP contribution >= 0.6 is 0 Å². The lowest BCUT2D eigenvalue weighted by molar-refractivity contribution is -0.0975. The number of para-hydroxylation sites is 1. The molecule has 2 aromatic rings. The number of nitrogens with one attached hydrogen (secondary N) is 1. The fourth-order valence-electron chi connectivity index (χ4n) is 2.53. The van der Waals surface area contributed by atoms with Gasteiger partial charge in [0, 0.05) is 38.4 Å². The number of methoxy groups -OCH3 is 2. The van der Waals surface area contributed by atoms with Crippen LogP contribution in [0.1, 0.15) is 17.3 Å². The average Bonchev–Trinajstić information content (AvgIpc) is 2.60. The summed E-state index contributed by atoms with van der Waals surface area (Å²) < 4.78 is 11.5. The number of carbonyl (C=O) groups excluding carboxylic acids is 1. The summed E-state index contributed by atoms with van der Waals surface area (Å²) in [5.41, 5.74) is 0.288. The molecular formula is C18H22N2O5. The van der Waals surface area contributed by atoms with Crippen molar-refractivity contribution in [2.24, 2.45) is 7.05 Å². The number of hydrogen-bond acceptors (Lipinski definition) is 6. The van der Waals surface area contributed by atoms with E-state index in [9.17, 15) is 14.7 Å². The van der Waals surface area contributed by atoms with E-state index in [0.717, 1.165) is 0 Å². The molecule has 0 aliphatic heterocycles. The zero-order chi connectivity index (χ0) is 18.6. The molecule has 2 N–H and O–H groups in total. The highest BCUT2D eigenvalue weighted by molar-refractivity contribution is 6.09. The van der Waals surface area contributed by atoms with Gasteiger partial charge in [0.25, 0.3) is 5.56 Å². The summed E-state index contributed by atoms with van der Waals surface area (Å²) in [4.78, 5) is 25.0. The normalized spacial score (nSPS) is 12.0. The molecule has 0 aliphatic rings. The van der Waals surface area contributed by atoms with Crippen LogP contribution in [0.4, 0.5) is 0 Å². The standard InChI is InChI=1S/C18H22N2O5/c1-11(19-10-15(24-3)25-4)9-14(21)16-17(22)12-7-5-6-8-13(12)20(2)18(16)23/h5-9,15,19,22H,10H2,1-4H3. The maximum atomic E-state index is 12.5. The summed E-state index contributed by atoms with van der Waals surface area (Å²) in [6.45, 7) is 2.02. The highest BCUT2D eigenvalue weighted by Crippen LogP contribution is 2.26. The average molecular weight is 346 g/mol. The zero-order valence-corrected chi connectivity index (χ0v) is 14.7. The Morgan fingerprint density at radius 2 is 1.96 bits per heavy atom. The van der Waals surface area contributed by atoms with Gasteiger partial charge < -0.3 is 24.5 Å². The van der Waals surface area contributed by atoms with Crippen molar-refractivity contribution in [3.63, 3.8) is 0 Å². The van der Waals surface area contributed by atoms with Gasteiger partial charge in [-0.05, 0) is 19.1 Å². The van der Waals surface area contributed by atoms with E-state index in [-0.39, 0.29) is 11.3 Å². The summed E-state index contributed by atoms with van der Waals surface area (Å²) in [6.07, 6.45) is 0.813. The fraction of sp³-hybridized carbons (Fsp3) is 0.333. The highest BCUT2D eigenvalue weighted by atomic mass is 16.7. The Morgan fingerprint density at radius 3 is 2.60 bits per heavy atom. The van der Waals surface area contributed by atoms with Crippen molar-refractivity contribution >= 4 is 16.7 Å². The quantitative estimate of drug-likeness (QED) is 0.449. The molecule has 25 heavy (non-hydrogen) atoms. The van der Waals surface area contributed by atoms with Crippen LogP contribution in [0.2, 0.25) is 0 Å². The Bertz CT molecular complexity index is 866. The van der Waals surface area contributed by atoms with Crippen molar-refractivity contribution in [2.75, 3.05) is 20.8 Å². The van der Waals surface area contributed by atoms with Crippen molar-refractivity contribution in [1.82, 2.24) is 9.88 Å². The first kappa shape index (κ1) is 18.7. The molecule has 1 aromatic carbocycles. The molecule has 0 saturated carbocycles. The van der Waals surface area contributed by atoms with Gasteiger partial charge in [-0.25, -0.2) is 0 Å². The van der Waals surface area contributed by atoms with Crippen LogP contribution in [0, 0.1) is 0 Å². The molecule has 0 unspecified atom stereocenters. The van der Waals surface area contributed by atoms with Crippen molar-refractivity contribution in [1.29, 1.82) is 0 Å². The monoisotopic (exact) mass is 346 g/mol. The van der Waals surface area contributed by atoms with E-state index in [4.69, 9.17) is 9.47 Å². The number of carbonyl (C=O) groups is 1. The molecule has 134 valence electrons. The SMILES string of the molecule is COC(CNC(C)=CC(=O)c1c(O)c2ccccc2n(C)c1=O)OC. The number of aryl methyl sites for hydroxylation is 1. The molecule has 0 spiro atoms. The minimum Gasteiger partial charge on any atom is -0.506 e. The van der Waals surface area contributed by atoms with Crippen LogP contribution in [-0.2, 0) is 16.5 Å². The van der Waals surface area contributed by atoms with E-state index in [1.807, 2.05) is 0 Å². The first-order chi connectivity index (χ1) is 11.9. The molecule has 0 fully saturated rings. The van der Waals surface area contributed by atoms with E-state index in [1.165, 1.54) is 24.9 Å². The molecule has 0 saturated heterocycles. The Kier molecular flexibility index (Phi) is 5.95. The minimum absolute atomic E-state index is 0.252. The van der Waals surface area contributed by atoms with Gasteiger partial charge in [0.05, 0.1) is 12.1 Å². The molecule has 1 aromatic heterocycles. The Balaban J connectivity index is 2.36. The largest absolute Gasteiger partial charge is 0.506 e. The number of fused-ring (bicyclic) bond motifs is 1. The van der Waals surface area contributed by atoms with Crippen molar-refractivity contribution in [3.05, 3.63) is 52.0 Å². The number of ether oxygens (including phenoxy) is 2. The first-order valence-electron chi connectivity index (χ1n) is 7.73. The maximum absolute atomic E-state index is 12.5. The van der Waals surface area contributed by atoms with Crippen LogP contribution in [0.25, 0.3) is 10.9 Å². The number of ketones is 1. The van der Waals surface area contributed by atoms with Gasteiger partial charge in [0.15, 0.2) is 12.1 Å². The minimum atomic E-state index is -0.569. The van der Waals surface area contributed by atoms with Crippen LogP contribution in [0.15, 0.2) is 40.8 Å². The second-order valence-electron chi connectivity index (χ2n) is 5.58. The molecule has 0 amide bonds. The molecule has 1 heterocycles. The molecule has 0 radical (unpaired) electrons. The molecule has 2 rings (SSSR count). The Morgan fingerprint density at radius 1 is 1.32 bits per heavy atom. The number of pyridine rings is 1. The van der Waals surface area contributed by atoms with Crippen LogP contribution in [0.5, 0.6) is 5.75 Å². The second-order valence-corrected chi connectivity index (χ2v) is 5.58. The van der Waals surface area contributed by atoms with Crippen LogP contribution in [-0.4, -0.2) is 42.5 Å². The zero-order valence-electron chi connectivity index (χ0n) is 14.7. The van der Waals surface area contributed by atoms with Gasteiger partial charge in [-0.1, -0.05) is 12.1 Å².